The molecule has 0 aliphatic carbocycles. The van der Waals surface area contributed by atoms with Crippen molar-refractivity contribution in [2.75, 3.05) is 17.2 Å². The molecule has 0 spiro atoms. The van der Waals surface area contributed by atoms with Gasteiger partial charge in [0.15, 0.2) is 0 Å². The van der Waals surface area contributed by atoms with E-state index in [1.165, 1.54) is 11.3 Å². The maximum atomic E-state index is 12.2. The van der Waals surface area contributed by atoms with Crippen LogP contribution in [-0.2, 0) is 4.79 Å². The summed E-state index contributed by atoms with van der Waals surface area (Å²) in [5.74, 6) is -0.0302. The molecule has 1 unspecified atom stereocenters. The number of carbonyl (C=O) groups is 2. The van der Waals surface area contributed by atoms with Crippen molar-refractivity contribution in [3.05, 3.63) is 41.3 Å². The largest absolute Gasteiger partial charge is 0.494 e. The monoisotopic (exact) mass is 333 g/mol. The molecule has 0 fully saturated rings. The van der Waals surface area contributed by atoms with Gasteiger partial charge < -0.3 is 21.1 Å². The third kappa shape index (κ3) is 4.46. The highest BCUT2D eigenvalue weighted by molar-refractivity contribution is 7.14. The van der Waals surface area contributed by atoms with Gasteiger partial charge in [-0.15, -0.1) is 11.3 Å². The molecular formula is C16H19N3O3S. The van der Waals surface area contributed by atoms with E-state index in [0.29, 0.717) is 17.2 Å². The Kier molecular flexibility index (Phi) is 5.59. The number of anilines is 2. The van der Waals surface area contributed by atoms with E-state index < -0.39 is 11.9 Å². The number of amides is 2. The lowest BCUT2D eigenvalue weighted by molar-refractivity contribution is -0.116. The molecule has 6 nitrogen and oxygen atoms in total. The summed E-state index contributed by atoms with van der Waals surface area (Å²) in [7, 11) is 0. The lowest BCUT2D eigenvalue weighted by Gasteiger charge is -2.15. The van der Waals surface area contributed by atoms with Crippen LogP contribution in [0.1, 0.15) is 24.2 Å². The molecule has 0 radical (unpaired) electrons. The van der Waals surface area contributed by atoms with Gasteiger partial charge in [-0.25, -0.2) is 0 Å². The molecule has 1 atom stereocenters. The fourth-order valence-electron chi connectivity index (χ4n) is 1.95. The zero-order chi connectivity index (χ0) is 16.8. The Morgan fingerprint density at radius 3 is 2.57 bits per heavy atom. The predicted octanol–water partition coefficient (Wildman–Crippen LogP) is 2.68. The third-order valence-corrected chi connectivity index (χ3v) is 3.94. The van der Waals surface area contributed by atoms with Gasteiger partial charge in [0, 0.05) is 5.69 Å². The number of nitrogens with one attached hydrogen (secondary N) is 2. The van der Waals surface area contributed by atoms with Crippen molar-refractivity contribution in [1.82, 2.24) is 0 Å². The number of nitrogens with two attached hydrogens (primary N) is 1. The molecule has 23 heavy (non-hydrogen) atoms. The second kappa shape index (κ2) is 7.64. The number of benzene rings is 1. The van der Waals surface area contributed by atoms with E-state index >= 15 is 0 Å². The van der Waals surface area contributed by atoms with E-state index in [0.717, 1.165) is 11.4 Å². The molecule has 4 N–H and O–H groups in total. The van der Waals surface area contributed by atoms with Gasteiger partial charge in [-0.1, -0.05) is 0 Å². The molecule has 1 aromatic carbocycles. The van der Waals surface area contributed by atoms with E-state index in [2.05, 4.69) is 10.6 Å². The van der Waals surface area contributed by atoms with Gasteiger partial charge in [-0.05, 0) is 49.6 Å². The lowest BCUT2D eigenvalue weighted by atomic mass is 10.2. The first kappa shape index (κ1) is 16.8. The predicted molar refractivity (Wildman–Crippen MR) is 92.2 cm³/mol. The normalized spacial score (nSPS) is 11.6. The molecule has 0 bridgehead atoms. The van der Waals surface area contributed by atoms with Gasteiger partial charge in [0.25, 0.3) is 5.91 Å². The van der Waals surface area contributed by atoms with Crippen molar-refractivity contribution in [3.8, 4) is 5.75 Å². The minimum absolute atomic E-state index is 0.246. The first-order valence-corrected chi connectivity index (χ1v) is 8.06. The number of hydrogen-bond acceptors (Lipinski definition) is 5. The summed E-state index contributed by atoms with van der Waals surface area (Å²) in [6.07, 6.45) is 0. The molecule has 1 heterocycles. The quantitative estimate of drug-likeness (QED) is 0.726. The number of rotatable bonds is 7. The molecule has 0 aliphatic rings. The summed E-state index contributed by atoms with van der Waals surface area (Å²) >= 11 is 1.26. The van der Waals surface area contributed by atoms with E-state index in [-0.39, 0.29) is 5.91 Å². The highest BCUT2D eigenvalue weighted by Gasteiger charge is 2.17. The van der Waals surface area contributed by atoms with Gasteiger partial charge in [0.05, 0.1) is 12.2 Å². The molecule has 0 saturated heterocycles. The van der Waals surface area contributed by atoms with E-state index in [1.807, 2.05) is 31.2 Å². The van der Waals surface area contributed by atoms with Crippen molar-refractivity contribution in [3.63, 3.8) is 0 Å². The first-order valence-electron chi connectivity index (χ1n) is 7.18. The molecule has 2 aromatic rings. The maximum Gasteiger partial charge on any atom is 0.251 e. The molecule has 2 amide bonds. The van der Waals surface area contributed by atoms with Crippen molar-refractivity contribution >= 4 is 33.8 Å². The highest BCUT2D eigenvalue weighted by atomic mass is 32.1. The second-order valence-corrected chi connectivity index (χ2v) is 5.76. The Balaban J connectivity index is 1.97. The van der Waals surface area contributed by atoms with E-state index in [4.69, 9.17) is 10.5 Å². The summed E-state index contributed by atoms with van der Waals surface area (Å²) in [6.45, 7) is 4.27. The first-order chi connectivity index (χ1) is 11.0. The Hall–Kier alpha value is -2.54. The van der Waals surface area contributed by atoms with Crippen molar-refractivity contribution < 1.29 is 14.3 Å². The zero-order valence-corrected chi connectivity index (χ0v) is 13.8. The third-order valence-electron chi connectivity index (χ3n) is 3.11. The number of hydrogen-bond donors (Lipinski definition) is 3. The molecule has 0 saturated carbocycles. The van der Waals surface area contributed by atoms with Crippen LogP contribution in [0.3, 0.4) is 0 Å². The average Bonchev–Trinajstić information content (AvgIpc) is 2.97. The van der Waals surface area contributed by atoms with Crippen LogP contribution in [0.25, 0.3) is 0 Å². The molecule has 0 aliphatic heterocycles. The van der Waals surface area contributed by atoms with Gasteiger partial charge in [-0.3, -0.25) is 9.59 Å². The Labute approximate surface area is 138 Å². The van der Waals surface area contributed by atoms with E-state index in [9.17, 15) is 9.59 Å². The zero-order valence-electron chi connectivity index (χ0n) is 13.0. The van der Waals surface area contributed by atoms with Crippen LogP contribution in [0.15, 0.2) is 35.7 Å². The van der Waals surface area contributed by atoms with Crippen LogP contribution in [0.2, 0.25) is 0 Å². The van der Waals surface area contributed by atoms with Crippen molar-refractivity contribution in [1.29, 1.82) is 0 Å². The van der Waals surface area contributed by atoms with Crippen LogP contribution in [0, 0.1) is 0 Å². The van der Waals surface area contributed by atoms with Crippen LogP contribution in [-0.4, -0.2) is 24.5 Å². The summed E-state index contributed by atoms with van der Waals surface area (Å²) in [5.41, 5.74) is 6.38. The van der Waals surface area contributed by atoms with Gasteiger partial charge in [-0.2, -0.15) is 0 Å². The highest BCUT2D eigenvalue weighted by Crippen LogP contribution is 2.23. The number of thiophene rings is 1. The number of primary amides is 1. The van der Waals surface area contributed by atoms with Crippen LogP contribution in [0.4, 0.5) is 10.7 Å². The number of carbonyl (C=O) groups excluding carboxylic acids is 2. The summed E-state index contributed by atoms with van der Waals surface area (Å²) < 4.78 is 5.37. The maximum absolute atomic E-state index is 12.2. The average molecular weight is 333 g/mol. The van der Waals surface area contributed by atoms with Crippen molar-refractivity contribution in [2.45, 2.75) is 19.9 Å². The lowest BCUT2D eigenvalue weighted by Crippen LogP contribution is -2.32. The minimum Gasteiger partial charge on any atom is -0.494 e. The Morgan fingerprint density at radius 1 is 1.26 bits per heavy atom. The minimum atomic E-state index is -0.561. The Bertz CT molecular complexity index is 682. The van der Waals surface area contributed by atoms with Crippen molar-refractivity contribution in [2.24, 2.45) is 5.73 Å². The van der Waals surface area contributed by atoms with Crippen LogP contribution < -0.4 is 21.1 Å². The molecule has 1 aromatic heterocycles. The smallest absolute Gasteiger partial charge is 0.251 e. The molecule has 7 heteroatoms. The SMILES string of the molecule is CCOc1ccc(NC(C)C(=O)Nc2sccc2C(N)=O)cc1. The van der Waals surface area contributed by atoms with Crippen LogP contribution >= 0.6 is 11.3 Å². The number of ether oxygens (including phenoxy) is 1. The standard InChI is InChI=1S/C16H19N3O3S/c1-3-22-12-6-4-11(5-7-12)18-10(2)15(21)19-16-13(14(17)20)8-9-23-16/h4-10,18H,3H2,1-2H3,(H2,17,20)(H,19,21). The summed E-state index contributed by atoms with van der Waals surface area (Å²) in [6, 6.07) is 8.47. The fourth-order valence-corrected chi connectivity index (χ4v) is 2.75. The Morgan fingerprint density at radius 2 is 1.96 bits per heavy atom. The second-order valence-electron chi connectivity index (χ2n) is 4.84. The van der Waals surface area contributed by atoms with Gasteiger partial charge >= 0.3 is 0 Å². The van der Waals surface area contributed by atoms with E-state index in [1.54, 1.807) is 18.4 Å². The molecule has 2 rings (SSSR count). The molecule has 122 valence electrons. The topological polar surface area (TPSA) is 93.4 Å². The van der Waals surface area contributed by atoms with Gasteiger partial charge in [0.2, 0.25) is 5.91 Å². The fraction of sp³-hybridized carbons (Fsp3) is 0.250. The van der Waals surface area contributed by atoms with Gasteiger partial charge in [0.1, 0.15) is 16.8 Å². The summed E-state index contributed by atoms with van der Waals surface area (Å²) in [4.78, 5) is 23.5. The molecular weight excluding hydrogens is 314 g/mol. The summed E-state index contributed by atoms with van der Waals surface area (Å²) in [5, 5.41) is 7.98. The van der Waals surface area contributed by atoms with Crippen LogP contribution in [0.5, 0.6) is 5.75 Å².